The van der Waals surface area contributed by atoms with Crippen LogP contribution in [0, 0.1) is 5.92 Å². The van der Waals surface area contributed by atoms with Crippen LogP contribution in [0.4, 0.5) is 0 Å². The Bertz CT molecular complexity index is 317. The summed E-state index contributed by atoms with van der Waals surface area (Å²) in [5.74, 6) is 0.0720. The molecule has 2 heterocycles. The van der Waals surface area contributed by atoms with Crippen LogP contribution < -0.4 is 0 Å². The second kappa shape index (κ2) is 4.38. The van der Waals surface area contributed by atoms with Gasteiger partial charge in [0.05, 0.1) is 19.3 Å². The van der Waals surface area contributed by atoms with E-state index in [2.05, 4.69) is 0 Å². The predicted molar refractivity (Wildman–Crippen MR) is 65.3 cm³/mol. The quantitative estimate of drug-likeness (QED) is 0.500. The van der Waals surface area contributed by atoms with Crippen LogP contribution in [0.2, 0.25) is 0 Å². The molecule has 4 nitrogen and oxygen atoms in total. The topological polar surface area (TPSA) is 36.9 Å². The second-order valence-corrected chi connectivity index (χ2v) is 7.35. The Morgan fingerprint density at radius 1 is 1.44 bits per heavy atom. The van der Waals surface area contributed by atoms with Crippen molar-refractivity contribution in [1.82, 2.24) is 0 Å². The van der Waals surface area contributed by atoms with Gasteiger partial charge in [0.15, 0.2) is 7.57 Å². The third-order valence-electron chi connectivity index (χ3n) is 3.27. The standard InChI is InChI=1S/C8H13B2O4PS/c1-5-6(11-2)7(9)14-8(5)3-12-15(10,16)13-4-8/h5-7H,3-4H2,1-2H3/t5-,6?,7-,8?,15?/m1/s1. The van der Waals surface area contributed by atoms with E-state index in [9.17, 15) is 0 Å². The van der Waals surface area contributed by atoms with Gasteiger partial charge in [0.1, 0.15) is 19.8 Å². The van der Waals surface area contributed by atoms with Gasteiger partial charge in [-0.25, -0.2) is 0 Å². The van der Waals surface area contributed by atoms with Gasteiger partial charge in [0.25, 0.3) is 0 Å². The van der Waals surface area contributed by atoms with Crippen molar-refractivity contribution >= 4 is 33.6 Å². The van der Waals surface area contributed by atoms with Crippen LogP contribution in [0.15, 0.2) is 0 Å². The van der Waals surface area contributed by atoms with Gasteiger partial charge in [-0.05, 0) is 11.8 Å². The van der Waals surface area contributed by atoms with Crippen LogP contribution in [-0.2, 0) is 30.3 Å². The van der Waals surface area contributed by atoms with E-state index in [4.69, 9.17) is 45.7 Å². The molecular weight excluding hydrogens is 245 g/mol. The highest BCUT2D eigenvalue weighted by Crippen LogP contribution is 2.52. The molecule has 0 aliphatic carbocycles. The molecule has 0 saturated carbocycles. The zero-order chi connectivity index (χ0) is 12.0. The lowest BCUT2D eigenvalue weighted by Gasteiger charge is -2.40. The van der Waals surface area contributed by atoms with Crippen molar-refractivity contribution in [3.05, 3.63) is 0 Å². The summed E-state index contributed by atoms with van der Waals surface area (Å²) in [6.07, 6.45) is -2.73. The van der Waals surface area contributed by atoms with Crippen molar-refractivity contribution in [3.63, 3.8) is 0 Å². The number of methoxy groups -OCH3 is 1. The first-order valence-electron chi connectivity index (χ1n) is 5.04. The van der Waals surface area contributed by atoms with Crippen LogP contribution in [0.3, 0.4) is 0 Å². The largest absolute Gasteiger partial charge is 0.379 e. The van der Waals surface area contributed by atoms with Gasteiger partial charge in [0.2, 0.25) is 0 Å². The van der Waals surface area contributed by atoms with E-state index >= 15 is 0 Å². The van der Waals surface area contributed by atoms with E-state index < -0.39 is 18.0 Å². The number of rotatable bonds is 1. The van der Waals surface area contributed by atoms with Crippen molar-refractivity contribution in [1.29, 1.82) is 0 Å². The van der Waals surface area contributed by atoms with Crippen LogP contribution in [0.5, 0.6) is 0 Å². The summed E-state index contributed by atoms with van der Waals surface area (Å²) in [7, 11) is 13.1. The number of ether oxygens (including phenoxy) is 2. The minimum absolute atomic E-state index is 0.0720. The lowest BCUT2D eigenvalue weighted by atomic mass is 9.83. The first-order chi connectivity index (χ1) is 7.40. The highest BCUT2D eigenvalue weighted by molar-refractivity contribution is 8.21. The summed E-state index contributed by atoms with van der Waals surface area (Å²) >= 11 is 4.97. The van der Waals surface area contributed by atoms with Crippen molar-refractivity contribution < 1.29 is 18.5 Å². The summed E-state index contributed by atoms with van der Waals surface area (Å²) in [5.41, 5.74) is -0.582. The van der Waals surface area contributed by atoms with E-state index in [0.29, 0.717) is 13.2 Å². The summed E-state index contributed by atoms with van der Waals surface area (Å²) in [4.78, 5) is 0. The Balaban J connectivity index is 2.13. The molecule has 2 aliphatic heterocycles. The molecule has 1 spiro atoms. The molecular formula is C8H13B2O4PS. The van der Waals surface area contributed by atoms with E-state index in [0.717, 1.165) is 0 Å². The number of hydrogen-bond acceptors (Lipinski definition) is 5. The molecule has 0 aromatic heterocycles. The fourth-order valence-corrected chi connectivity index (χ4v) is 3.36. The molecule has 2 fully saturated rings. The minimum atomic E-state index is -2.57. The van der Waals surface area contributed by atoms with E-state index in [1.807, 2.05) is 6.92 Å². The molecule has 0 N–H and O–H groups in total. The molecule has 0 bridgehead atoms. The molecule has 2 saturated heterocycles. The molecule has 0 aromatic carbocycles. The molecule has 8 heteroatoms. The van der Waals surface area contributed by atoms with Gasteiger partial charge in [-0.1, -0.05) is 6.92 Å². The lowest BCUT2D eigenvalue weighted by Crippen LogP contribution is -2.48. The van der Waals surface area contributed by atoms with Crippen molar-refractivity contribution in [3.8, 4) is 0 Å². The molecule has 0 amide bonds. The SMILES string of the molecule is [B][C@@H]1OC2(COP([B])(=S)OC2)[C@H](C)C1OC. The smallest absolute Gasteiger partial charge is 0.200 e. The fraction of sp³-hybridized carbons (Fsp3) is 1.00. The monoisotopic (exact) mass is 258 g/mol. The number of hydrogen-bond donors (Lipinski definition) is 0. The maximum atomic E-state index is 5.85. The predicted octanol–water partition coefficient (Wildman–Crippen LogP) is 0.341. The van der Waals surface area contributed by atoms with Gasteiger partial charge in [-0.3, -0.25) is 0 Å². The Morgan fingerprint density at radius 2 is 2.00 bits per heavy atom. The minimum Gasteiger partial charge on any atom is -0.379 e. The first-order valence-corrected chi connectivity index (χ1v) is 7.75. The van der Waals surface area contributed by atoms with Gasteiger partial charge in [-0.2, -0.15) is 0 Å². The molecule has 2 rings (SSSR count). The maximum Gasteiger partial charge on any atom is 0.200 e. The maximum absolute atomic E-state index is 5.85. The molecule has 86 valence electrons. The van der Waals surface area contributed by atoms with Crippen LogP contribution in [0.25, 0.3) is 0 Å². The third-order valence-corrected chi connectivity index (χ3v) is 4.88. The van der Waals surface area contributed by atoms with Crippen molar-refractivity contribution in [2.75, 3.05) is 20.3 Å². The summed E-state index contributed by atoms with van der Waals surface area (Å²) in [6.45, 7) is 2.63. The highest BCUT2D eigenvalue weighted by Gasteiger charge is 2.54. The van der Waals surface area contributed by atoms with Gasteiger partial charge in [-0.15, -0.1) is 0 Å². The summed E-state index contributed by atoms with van der Waals surface area (Å²) in [6, 6.07) is -0.471. The van der Waals surface area contributed by atoms with E-state index in [-0.39, 0.29) is 12.0 Å². The molecule has 0 aromatic rings. The van der Waals surface area contributed by atoms with Gasteiger partial charge >= 0.3 is 0 Å². The van der Waals surface area contributed by atoms with E-state index in [1.165, 1.54) is 0 Å². The van der Waals surface area contributed by atoms with Crippen LogP contribution in [-0.4, -0.2) is 53.4 Å². The zero-order valence-electron chi connectivity index (χ0n) is 9.29. The van der Waals surface area contributed by atoms with Crippen LogP contribution >= 0.6 is 6.37 Å². The zero-order valence-corrected chi connectivity index (χ0v) is 11.0. The fourth-order valence-electron chi connectivity index (χ4n) is 2.18. The molecule has 2 aliphatic rings. The van der Waals surface area contributed by atoms with Crippen molar-refractivity contribution in [2.45, 2.75) is 24.6 Å². The molecule has 3 atom stereocenters. The first kappa shape index (κ1) is 13.1. The van der Waals surface area contributed by atoms with Crippen molar-refractivity contribution in [2.24, 2.45) is 5.92 Å². The Morgan fingerprint density at radius 3 is 2.44 bits per heavy atom. The highest BCUT2D eigenvalue weighted by atomic mass is 32.4. The molecule has 1 unspecified atom stereocenters. The average molecular weight is 258 g/mol. The Labute approximate surface area is 103 Å². The normalized spacial score (nSPS) is 53.2. The summed E-state index contributed by atoms with van der Waals surface area (Å²) < 4.78 is 21.7. The van der Waals surface area contributed by atoms with E-state index in [1.54, 1.807) is 7.11 Å². The molecule has 16 heavy (non-hydrogen) atoms. The Kier molecular flexibility index (Phi) is 3.57. The summed E-state index contributed by atoms with van der Waals surface area (Å²) in [5, 5.41) is 0. The second-order valence-electron chi connectivity index (χ2n) is 4.22. The lowest BCUT2D eigenvalue weighted by molar-refractivity contribution is -0.105. The third kappa shape index (κ3) is 2.14. The Hall–Kier alpha value is 0.620. The molecule has 4 radical (unpaired) electrons. The van der Waals surface area contributed by atoms with Gasteiger partial charge < -0.3 is 18.5 Å². The average Bonchev–Trinajstić information content (AvgIpc) is 2.45. The van der Waals surface area contributed by atoms with Gasteiger partial charge in [0, 0.05) is 19.0 Å². The van der Waals surface area contributed by atoms with Crippen LogP contribution in [0.1, 0.15) is 6.92 Å².